The lowest BCUT2D eigenvalue weighted by atomic mass is 9.88. The maximum Gasteiger partial charge on any atom is 0.0495 e. The molecule has 0 unspecified atom stereocenters. The molecule has 1 saturated heterocycles. The predicted molar refractivity (Wildman–Crippen MR) is 76.8 cm³/mol. The maximum atomic E-state index is 5.57. The summed E-state index contributed by atoms with van der Waals surface area (Å²) in [6.07, 6.45) is 7.05. The second kappa shape index (κ2) is 6.91. The van der Waals surface area contributed by atoms with Crippen molar-refractivity contribution in [3.63, 3.8) is 0 Å². The van der Waals surface area contributed by atoms with Crippen molar-refractivity contribution in [1.29, 1.82) is 0 Å². The van der Waals surface area contributed by atoms with Crippen LogP contribution in [0.4, 0.5) is 0 Å². The normalized spacial score (nSPS) is 31.3. The standard InChI is InChI=1S/C16H31NO/c1-4-18-12-14-8-10-17(11-9-14)16-7-5-6-15(16)13(2)3/h13-16H,4-12H2,1-3H3/t15-,16+/m0/s1. The Bertz CT molecular complexity index is 233. The molecule has 1 saturated carbocycles. The van der Waals surface area contributed by atoms with Crippen LogP contribution in [0.5, 0.6) is 0 Å². The third-order valence-electron chi connectivity index (χ3n) is 5.06. The fourth-order valence-corrected chi connectivity index (χ4v) is 3.94. The van der Waals surface area contributed by atoms with E-state index < -0.39 is 0 Å². The van der Waals surface area contributed by atoms with Gasteiger partial charge in [0.1, 0.15) is 0 Å². The summed E-state index contributed by atoms with van der Waals surface area (Å²) in [6, 6.07) is 0.887. The van der Waals surface area contributed by atoms with Crippen LogP contribution >= 0.6 is 0 Å². The van der Waals surface area contributed by atoms with E-state index in [1.807, 2.05) is 0 Å². The van der Waals surface area contributed by atoms with Crippen molar-refractivity contribution in [2.45, 2.75) is 58.9 Å². The lowest BCUT2D eigenvalue weighted by Gasteiger charge is -2.39. The van der Waals surface area contributed by atoms with Crippen LogP contribution in [0.2, 0.25) is 0 Å². The quantitative estimate of drug-likeness (QED) is 0.743. The average Bonchev–Trinajstić information content (AvgIpc) is 2.86. The van der Waals surface area contributed by atoms with Crippen molar-refractivity contribution >= 4 is 0 Å². The lowest BCUT2D eigenvalue weighted by molar-refractivity contribution is 0.0482. The summed E-state index contributed by atoms with van der Waals surface area (Å²) < 4.78 is 5.57. The minimum atomic E-state index is 0.820. The van der Waals surface area contributed by atoms with Crippen molar-refractivity contribution in [2.24, 2.45) is 17.8 Å². The Balaban J connectivity index is 1.78. The van der Waals surface area contributed by atoms with Crippen molar-refractivity contribution in [1.82, 2.24) is 4.90 Å². The first-order valence-electron chi connectivity index (χ1n) is 8.04. The van der Waals surface area contributed by atoms with Gasteiger partial charge in [-0.05, 0) is 63.5 Å². The molecular weight excluding hydrogens is 222 g/mol. The third kappa shape index (κ3) is 3.48. The van der Waals surface area contributed by atoms with E-state index in [1.165, 1.54) is 45.2 Å². The van der Waals surface area contributed by atoms with Crippen LogP contribution in [0.1, 0.15) is 52.9 Å². The maximum absolute atomic E-state index is 5.57. The molecule has 0 bridgehead atoms. The zero-order valence-electron chi connectivity index (χ0n) is 12.5. The molecule has 0 aromatic carbocycles. The molecule has 0 aromatic rings. The van der Waals surface area contributed by atoms with E-state index in [0.29, 0.717) is 0 Å². The highest BCUT2D eigenvalue weighted by molar-refractivity contribution is 4.89. The highest BCUT2D eigenvalue weighted by Gasteiger charge is 2.35. The summed E-state index contributed by atoms with van der Waals surface area (Å²) in [6.45, 7) is 11.4. The van der Waals surface area contributed by atoms with Crippen LogP contribution in [0.25, 0.3) is 0 Å². The molecule has 106 valence electrons. The zero-order valence-corrected chi connectivity index (χ0v) is 12.5. The second-order valence-electron chi connectivity index (χ2n) is 6.54. The van der Waals surface area contributed by atoms with Gasteiger partial charge >= 0.3 is 0 Å². The predicted octanol–water partition coefficient (Wildman–Crippen LogP) is 3.56. The van der Waals surface area contributed by atoms with Crippen LogP contribution in [0.3, 0.4) is 0 Å². The average molecular weight is 253 g/mol. The highest BCUT2D eigenvalue weighted by atomic mass is 16.5. The molecule has 1 aliphatic carbocycles. The van der Waals surface area contributed by atoms with Gasteiger partial charge in [0.2, 0.25) is 0 Å². The molecule has 2 nitrogen and oxygen atoms in total. The minimum Gasteiger partial charge on any atom is -0.381 e. The van der Waals surface area contributed by atoms with Gasteiger partial charge in [-0.25, -0.2) is 0 Å². The Morgan fingerprint density at radius 1 is 1.11 bits per heavy atom. The van der Waals surface area contributed by atoms with E-state index >= 15 is 0 Å². The molecule has 2 aliphatic rings. The van der Waals surface area contributed by atoms with Crippen molar-refractivity contribution < 1.29 is 4.74 Å². The van der Waals surface area contributed by atoms with Gasteiger partial charge in [-0.1, -0.05) is 20.3 Å². The van der Waals surface area contributed by atoms with Crippen LogP contribution in [-0.4, -0.2) is 37.2 Å². The van der Waals surface area contributed by atoms with Gasteiger partial charge in [-0.2, -0.15) is 0 Å². The van der Waals surface area contributed by atoms with Gasteiger partial charge in [0.05, 0.1) is 0 Å². The summed E-state index contributed by atoms with van der Waals surface area (Å²) in [5.41, 5.74) is 0. The summed E-state index contributed by atoms with van der Waals surface area (Å²) in [4.78, 5) is 2.79. The third-order valence-corrected chi connectivity index (χ3v) is 5.06. The minimum absolute atomic E-state index is 0.820. The lowest BCUT2D eigenvalue weighted by Crippen LogP contribution is -2.44. The van der Waals surface area contributed by atoms with Crippen molar-refractivity contribution in [3.05, 3.63) is 0 Å². The van der Waals surface area contributed by atoms with Crippen LogP contribution in [0, 0.1) is 17.8 Å². The Hall–Kier alpha value is -0.0800. The molecule has 2 heteroatoms. The Morgan fingerprint density at radius 3 is 2.44 bits per heavy atom. The zero-order chi connectivity index (χ0) is 13.0. The molecular formula is C16H31NO. The van der Waals surface area contributed by atoms with Crippen LogP contribution in [0.15, 0.2) is 0 Å². The van der Waals surface area contributed by atoms with E-state index in [9.17, 15) is 0 Å². The molecule has 1 aliphatic heterocycles. The summed E-state index contributed by atoms with van der Waals surface area (Å²) >= 11 is 0. The molecule has 0 aromatic heterocycles. The fraction of sp³-hybridized carbons (Fsp3) is 1.00. The summed E-state index contributed by atoms with van der Waals surface area (Å²) in [5, 5.41) is 0. The monoisotopic (exact) mass is 253 g/mol. The molecule has 0 spiro atoms. The van der Waals surface area contributed by atoms with E-state index in [4.69, 9.17) is 4.74 Å². The largest absolute Gasteiger partial charge is 0.381 e. The summed E-state index contributed by atoms with van der Waals surface area (Å²) in [5.74, 6) is 2.63. The Labute approximate surface area is 113 Å². The topological polar surface area (TPSA) is 12.5 Å². The molecule has 2 atom stereocenters. The van der Waals surface area contributed by atoms with E-state index in [2.05, 4.69) is 25.7 Å². The van der Waals surface area contributed by atoms with Crippen LogP contribution in [-0.2, 0) is 4.74 Å². The van der Waals surface area contributed by atoms with Crippen LogP contribution < -0.4 is 0 Å². The summed E-state index contributed by atoms with van der Waals surface area (Å²) in [7, 11) is 0. The van der Waals surface area contributed by atoms with Gasteiger partial charge in [0.15, 0.2) is 0 Å². The molecule has 0 amide bonds. The molecule has 2 rings (SSSR count). The van der Waals surface area contributed by atoms with Gasteiger partial charge in [0, 0.05) is 19.3 Å². The fourth-order valence-electron chi connectivity index (χ4n) is 3.94. The first-order valence-corrected chi connectivity index (χ1v) is 8.04. The Kier molecular flexibility index (Phi) is 5.50. The SMILES string of the molecule is CCOCC1CCN([C@@H]2CCC[C@H]2C(C)C)CC1. The number of piperidine rings is 1. The molecule has 2 fully saturated rings. The van der Waals surface area contributed by atoms with Gasteiger partial charge < -0.3 is 9.64 Å². The molecule has 0 radical (unpaired) electrons. The van der Waals surface area contributed by atoms with E-state index in [0.717, 1.165) is 37.0 Å². The number of ether oxygens (including phenoxy) is 1. The highest BCUT2D eigenvalue weighted by Crippen LogP contribution is 2.36. The number of likely N-dealkylation sites (tertiary alicyclic amines) is 1. The molecule has 1 heterocycles. The van der Waals surface area contributed by atoms with E-state index in [1.54, 1.807) is 0 Å². The van der Waals surface area contributed by atoms with Gasteiger partial charge in [-0.15, -0.1) is 0 Å². The van der Waals surface area contributed by atoms with E-state index in [-0.39, 0.29) is 0 Å². The van der Waals surface area contributed by atoms with Crippen molar-refractivity contribution in [3.8, 4) is 0 Å². The van der Waals surface area contributed by atoms with Gasteiger partial charge in [-0.3, -0.25) is 0 Å². The number of hydrogen-bond donors (Lipinski definition) is 0. The number of hydrogen-bond acceptors (Lipinski definition) is 2. The molecule has 18 heavy (non-hydrogen) atoms. The second-order valence-corrected chi connectivity index (χ2v) is 6.54. The number of nitrogens with zero attached hydrogens (tertiary/aromatic N) is 1. The first kappa shape index (κ1) is 14.3. The van der Waals surface area contributed by atoms with Crippen molar-refractivity contribution in [2.75, 3.05) is 26.3 Å². The number of rotatable bonds is 5. The van der Waals surface area contributed by atoms with Gasteiger partial charge in [0.25, 0.3) is 0 Å². The smallest absolute Gasteiger partial charge is 0.0495 e. The molecule has 0 N–H and O–H groups in total. The Morgan fingerprint density at radius 2 is 1.83 bits per heavy atom. The first-order chi connectivity index (χ1) is 8.72.